The van der Waals surface area contributed by atoms with Crippen LogP contribution in [0.25, 0.3) is 0 Å². The van der Waals surface area contributed by atoms with Crippen molar-refractivity contribution in [3.05, 3.63) is 60.7 Å². The topological polar surface area (TPSA) is 34.1 Å². The predicted octanol–water partition coefficient (Wildman–Crippen LogP) is 3.37. The van der Waals surface area contributed by atoms with E-state index in [9.17, 15) is 9.36 Å². The van der Waals surface area contributed by atoms with Gasteiger partial charge in [-0.25, -0.2) is 0 Å². The highest BCUT2D eigenvalue weighted by molar-refractivity contribution is 7.78. The molecule has 0 aromatic heterocycles. The van der Waals surface area contributed by atoms with Crippen molar-refractivity contribution in [2.75, 3.05) is 6.16 Å². The second-order valence-corrected chi connectivity index (χ2v) is 8.53. The fraction of sp³-hybridized carbons (Fsp3) is 0.278. The van der Waals surface area contributed by atoms with E-state index in [4.69, 9.17) is 0 Å². The van der Waals surface area contributed by atoms with Crippen LogP contribution in [-0.2, 0) is 9.36 Å². The van der Waals surface area contributed by atoms with Gasteiger partial charge in [0.1, 0.15) is 12.9 Å². The predicted molar refractivity (Wildman–Crippen MR) is 87.0 cm³/mol. The van der Waals surface area contributed by atoms with Gasteiger partial charge in [-0.15, -0.1) is 0 Å². The lowest BCUT2D eigenvalue weighted by Gasteiger charge is -2.22. The van der Waals surface area contributed by atoms with E-state index >= 15 is 0 Å². The molecule has 21 heavy (non-hydrogen) atoms. The van der Waals surface area contributed by atoms with E-state index in [1.165, 1.54) is 0 Å². The van der Waals surface area contributed by atoms with Crippen molar-refractivity contribution in [2.24, 2.45) is 5.92 Å². The van der Waals surface area contributed by atoms with E-state index in [1.807, 2.05) is 60.7 Å². The minimum Gasteiger partial charge on any atom is -0.314 e. The Morgan fingerprint density at radius 2 is 1.43 bits per heavy atom. The minimum absolute atomic E-state index is 0.0451. The average Bonchev–Trinajstić information content (AvgIpc) is 2.94. The van der Waals surface area contributed by atoms with Crippen molar-refractivity contribution >= 4 is 23.5 Å². The zero-order chi connectivity index (χ0) is 14.7. The number of carbonyl (C=O) groups is 1. The second-order valence-electron chi connectivity index (χ2n) is 5.65. The summed E-state index contributed by atoms with van der Waals surface area (Å²) in [6, 6.07) is 19.2. The lowest BCUT2D eigenvalue weighted by molar-refractivity contribution is -0.120. The first-order valence-electron chi connectivity index (χ1n) is 7.43. The molecular formula is C18H19O2P. The molecule has 0 unspecified atom stereocenters. The molecule has 2 aromatic carbocycles. The molecule has 2 aromatic rings. The monoisotopic (exact) mass is 298 g/mol. The van der Waals surface area contributed by atoms with Crippen LogP contribution in [0.2, 0.25) is 0 Å². The highest BCUT2D eigenvalue weighted by atomic mass is 31.2. The third-order valence-electron chi connectivity index (χ3n) is 4.26. The van der Waals surface area contributed by atoms with Gasteiger partial charge < -0.3 is 4.57 Å². The molecule has 1 aliphatic rings. The minimum atomic E-state index is -2.73. The van der Waals surface area contributed by atoms with Crippen LogP contribution in [0.4, 0.5) is 0 Å². The Balaban J connectivity index is 2.03. The summed E-state index contributed by atoms with van der Waals surface area (Å²) < 4.78 is 13.8. The van der Waals surface area contributed by atoms with E-state index in [2.05, 4.69) is 0 Å². The largest absolute Gasteiger partial charge is 0.314 e. The molecule has 0 spiro atoms. The molecule has 0 aliphatic heterocycles. The normalized spacial score (nSPS) is 18.9. The summed E-state index contributed by atoms with van der Waals surface area (Å²) in [5, 5.41) is 1.71. The van der Waals surface area contributed by atoms with Gasteiger partial charge in [0.2, 0.25) is 0 Å². The molecule has 2 nitrogen and oxygen atoms in total. The molecular weight excluding hydrogens is 279 g/mol. The Morgan fingerprint density at radius 1 is 0.905 bits per heavy atom. The molecule has 3 rings (SSSR count). The molecule has 1 atom stereocenters. The van der Waals surface area contributed by atoms with Gasteiger partial charge >= 0.3 is 0 Å². The zero-order valence-electron chi connectivity index (χ0n) is 11.9. The van der Waals surface area contributed by atoms with E-state index in [0.717, 1.165) is 23.5 Å². The molecule has 1 saturated carbocycles. The molecule has 0 amide bonds. The number of rotatable bonds is 4. The third kappa shape index (κ3) is 2.87. The Labute approximate surface area is 125 Å². The van der Waals surface area contributed by atoms with Crippen LogP contribution in [0.15, 0.2) is 60.7 Å². The maximum absolute atomic E-state index is 13.8. The summed E-state index contributed by atoms with van der Waals surface area (Å²) in [4.78, 5) is 12.0. The van der Waals surface area contributed by atoms with Gasteiger partial charge in [0.15, 0.2) is 0 Å². The molecule has 3 heteroatoms. The molecule has 108 valence electrons. The van der Waals surface area contributed by atoms with Gasteiger partial charge in [0, 0.05) is 29.1 Å². The van der Waals surface area contributed by atoms with Crippen molar-refractivity contribution in [1.82, 2.24) is 0 Å². The van der Waals surface area contributed by atoms with E-state index in [1.54, 1.807) is 0 Å². The van der Waals surface area contributed by atoms with E-state index < -0.39 is 7.14 Å². The highest BCUT2D eigenvalue weighted by Crippen LogP contribution is 2.47. The van der Waals surface area contributed by atoms with Crippen LogP contribution in [0.3, 0.4) is 0 Å². The number of benzene rings is 2. The van der Waals surface area contributed by atoms with E-state index in [0.29, 0.717) is 12.6 Å². The summed E-state index contributed by atoms with van der Waals surface area (Å²) in [5.41, 5.74) is 0. The highest BCUT2D eigenvalue weighted by Gasteiger charge is 2.35. The summed E-state index contributed by atoms with van der Waals surface area (Å²) >= 11 is 0. The fourth-order valence-corrected chi connectivity index (χ4v) is 6.12. The number of carbonyl (C=O) groups excluding carboxylic acids is 1. The molecule has 0 radical (unpaired) electrons. The summed E-state index contributed by atoms with van der Waals surface area (Å²) in [5.74, 6) is 0.235. The Hall–Kier alpha value is -1.66. The van der Waals surface area contributed by atoms with Crippen LogP contribution >= 0.6 is 7.14 Å². The molecule has 0 saturated heterocycles. The maximum atomic E-state index is 13.8. The van der Waals surface area contributed by atoms with Crippen LogP contribution in [-0.4, -0.2) is 11.9 Å². The van der Waals surface area contributed by atoms with Crippen LogP contribution in [0, 0.1) is 5.92 Å². The lowest BCUT2D eigenvalue weighted by atomic mass is 10.1. The van der Waals surface area contributed by atoms with Crippen molar-refractivity contribution in [3.8, 4) is 0 Å². The van der Waals surface area contributed by atoms with Crippen molar-refractivity contribution in [1.29, 1.82) is 0 Å². The smallest absolute Gasteiger partial charge is 0.143 e. The van der Waals surface area contributed by atoms with Gasteiger partial charge in [-0.3, -0.25) is 4.79 Å². The summed E-state index contributed by atoms with van der Waals surface area (Å²) in [6.07, 6.45) is 2.93. The molecule has 0 heterocycles. The zero-order valence-corrected chi connectivity index (χ0v) is 12.8. The number of ketones is 1. The van der Waals surface area contributed by atoms with E-state index in [-0.39, 0.29) is 11.7 Å². The van der Waals surface area contributed by atoms with Gasteiger partial charge in [-0.1, -0.05) is 60.7 Å². The van der Waals surface area contributed by atoms with Crippen molar-refractivity contribution < 1.29 is 9.36 Å². The second kappa shape index (κ2) is 5.99. The molecule has 0 N–H and O–H groups in total. The molecule has 1 fully saturated rings. The van der Waals surface area contributed by atoms with Crippen molar-refractivity contribution in [3.63, 3.8) is 0 Å². The first kappa shape index (κ1) is 14.3. The Morgan fingerprint density at radius 3 is 1.86 bits per heavy atom. The Kier molecular flexibility index (Phi) is 4.07. The maximum Gasteiger partial charge on any atom is 0.143 e. The average molecular weight is 298 g/mol. The van der Waals surface area contributed by atoms with Crippen molar-refractivity contribution in [2.45, 2.75) is 19.3 Å². The fourth-order valence-electron chi connectivity index (χ4n) is 3.09. The van der Waals surface area contributed by atoms with Crippen LogP contribution in [0.5, 0.6) is 0 Å². The Bertz CT molecular complexity index is 621. The van der Waals surface area contributed by atoms with Crippen LogP contribution < -0.4 is 10.6 Å². The first-order valence-corrected chi connectivity index (χ1v) is 9.32. The SMILES string of the molecule is O=C1CCC[C@H]1CP(=O)(c1ccccc1)c1ccccc1. The first-order chi connectivity index (χ1) is 10.2. The van der Waals surface area contributed by atoms with Gasteiger partial charge in [0.25, 0.3) is 0 Å². The van der Waals surface area contributed by atoms with Gasteiger partial charge in [-0.2, -0.15) is 0 Å². The number of hydrogen-bond acceptors (Lipinski definition) is 2. The number of hydrogen-bond donors (Lipinski definition) is 0. The quantitative estimate of drug-likeness (QED) is 0.811. The molecule has 0 bridgehead atoms. The third-order valence-corrected chi connectivity index (χ3v) is 7.47. The standard InChI is InChI=1S/C18H19O2P/c19-18-13-7-8-15(18)14-21(20,16-9-3-1-4-10-16)17-11-5-2-6-12-17/h1-6,9-12,15H,7-8,13-14H2/t15-/m0/s1. The lowest BCUT2D eigenvalue weighted by Crippen LogP contribution is -2.24. The molecule has 1 aliphatic carbocycles. The number of Topliss-reactive ketones (excluding diaryl/α,β-unsaturated/α-hetero) is 1. The summed E-state index contributed by atoms with van der Waals surface area (Å²) in [6.45, 7) is 0. The summed E-state index contributed by atoms with van der Waals surface area (Å²) in [7, 11) is -2.73. The van der Waals surface area contributed by atoms with Crippen LogP contribution in [0.1, 0.15) is 19.3 Å². The van der Waals surface area contributed by atoms with Gasteiger partial charge in [0.05, 0.1) is 0 Å². The van der Waals surface area contributed by atoms with Gasteiger partial charge in [-0.05, 0) is 12.8 Å².